The zero-order chi connectivity index (χ0) is 16.9. The second kappa shape index (κ2) is 7.18. The van der Waals surface area contributed by atoms with Gasteiger partial charge in [-0.3, -0.25) is 4.79 Å². The number of hydrogen-bond acceptors (Lipinski definition) is 4. The van der Waals surface area contributed by atoms with E-state index in [1.165, 1.54) is 17.4 Å². The van der Waals surface area contributed by atoms with Crippen molar-refractivity contribution in [2.75, 3.05) is 0 Å². The molecule has 1 amide bonds. The fourth-order valence-corrected chi connectivity index (χ4v) is 2.48. The van der Waals surface area contributed by atoms with Crippen LogP contribution in [0, 0.1) is 11.6 Å². The van der Waals surface area contributed by atoms with Crippen LogP contribution in [0.1, 0.15) is 15.9 Å². The van der Waals surface area contributed by atoms with Crippen molar-refractivity contribution < 1.29 is 18.3 Å². The highest BCUT2D eigenvalue weighted by molar-refractivity contribution is 7.11. The minimum absolute atomic E-state index is 0.0255. The van der Waals surface area contributed by atoms with Crippen LogP contribution in [-0.2, 0) is 6.54 Å². The predicted molar refractivity (Wildman–Crippen MR) is 86.2 cm³/mol. The molecule has 0 bridgehead atoms. The summed E-state index contributed by atoms with van der Waals surface area (Å²) in [4.78, 5) is 16.1. The van der Waals surface area contributed by atoms with Crippen molar-refractivity contribution in [2.45, 2.75) is 6.54 Å². The molecule has 1 N–H and O–H groups in total. The Bertz CT molecular complexity index is 836. The minimum Gasteiger partial charge on any atom is -0.431 e. The molecule has 122 valence electrons. The van der Waals surface area contributed by atoms with Crippen LogP contribution in [0.3, 0.4) is 0 Å². The first-order valence-electron chi connectivity index (χ1n) is 7.01. The topological polar surface area (TPSA) is 51.2 Å². The third-order valence-electron chi connectivity index (χ3n) is 3.19. The van der Waals surface area contributed by atoms with Crippen molar-refractivity contribution in [3.63, 3.8) is 0 Å². The van der Waals surface area contributed by atoms with E-state index >= 15 is 0 Å². The van der Waals surface area contributed by atoms with E-state index in [1.54, 1.807) is 35.8 Å². The monoisotopic (exact) mass is 346 g/mol. The molecule has 7 heteroatoms. The van der Waals surface area contributed by atoms with Gasteiger partial charge in [-0.15, -0.1) is 0 Å². The normalized spacial score (nSPS) is 10.4. The fourth-order valence-electron chi connectivity index (χ4n) is 1.98. The fraction of sp³-hybridized carbons (Fsp3) is 0.0588. The van der Waals surface area contributed by atoms with Gasteiger partial charge in [0.25, 0.3) is 11.1 Å². The molecule has 0 aliphatic rings. The van der Waals surface area contributed by atoms with Crippen molar-refractivity contribution in [1.82, 2.24) is 10.3 Å². The van der Waals surface area contributed by atoms with Gasteiger partial charge in [0.05, 0.1) is 0 Å². The summed E-state index contributed by atoms with van der Waals surface area (Å²) in [7, 11) is 0. The molecule has 0 spiro atoms. The van der Waals surface area contributed by atoms with E-state index < -0.39 is 11.6 Å². The summed E-state index contributed by atoms with van der Waals surface area (Å²) >= 11 is 1.36. The van der Waals surface area contributed by atoms with E-state index in [-0.39, 0.29) is 18.0 Å². The van der Waals surface area contributed by atoms with Gasteiger partial charge >= 0.3 is 0 Å². The summed E-state index contributed by atoms with van der Waals surface area (Å²) in [5, 5.41) is 4.90. The first-order chi connectivity index (χ1) is 11.6. The van der Waals surface area contributed by atoms with Crippen LogP contribution in [0.15, 0.2) is 54.0 Å². The van der Waals surface area contributed by atoms with Crippen LogP contribution in [0.2, 0.25) is 0 Å². The molecule has 2 aromatic carbocycles. The van der Waals surface area contributed by atoms with Crippen LogP contribution < -0.4 is 10.1 Å². The molecule has 1 heterocycles. The number of rotatable bonds is 5. The van der Waals surface area contributed by atoms with Gasteiger partial charge < -0.3 is 10.1 Å². The number of carbonyl (C=O) groups excluding carboxylic acids is 1. The number of hydrogen-bond donors (Lipinski definition) is 1. The van der Waals surface area contributed by atoms with Gasteiger partial charge in [0.1, 0.15) is 17.4 Å². The van der Waals surface area contributed by atoms with Crippen LogP contribution in [0.25, 0.3) is 0 Å². The Hall–Kier alpha value is -2.80. The van der Waals surface area contributed by atoms with Gasteiger partial charge in [-0.2, -0.15) is 0 Å². The summed E-state index contributed by atoms with van der Waals surface area (Å²) in [6.45, 7) is -0.0255. The lowest BCUT2D eigenvalue weighted by Crippen LogP contribution is -2.23. The Balaban J connectivity index is 1.60. The predicted octanol–water partition coefficient (Wildman–Crippen LogP) is 4.14. The number of nitrogens with zero attached hydrogens (tertiary/aromatic N) is 1. The molecule has 0 radical (unpaired) electrons. The molecular formula is C17H12F2N2O2S. The number of amides is 1. The summed E-state index contributed by atoms with van der Waals surface area (Å²) in [5.74, 6) is -1.15. The second-order valence-electron chi connectivity index (χ2n) is 4.84. The molecule has 4 nitrogen and oxygen atoms in total. The molecule has 0 unspecified atom stereocenters. The first-order valence-corrected chi connectivity index (χ1v) is 7.89. The van der Waals surface area contributed by atoms with Crippen LogP contribution in [0.4, 0.5) is 8.78 Å². The van der Waals surface area contributed by atoms with Gasteiger partial charge in [0.15, 0.2) is 0 Å². The van der Waals surface area contributed by atoms with E-state index in [2.05, 4.69) is 10.3 Å². The number of aromatic nitrogens is 1. The van der Waals surface area contributed by atoms with Crippen LogP contribution >= 0.6 is 11.3 Å². The Morgan fingerprint density at radius 2 is 1.96 bits per heavy atom. The van der Waals surface area contributed by atoms with Crippen molar-refractivity contribution in [2.24, 2.45) is 0 Å². The zero-order valence-electron chi connectivity index (χ0n) is 12.3. The molecule has 0 aliphatic carbocycles. The van der Waals surface area contributed by atoms with E-state index in [0.29, 0.717) is 16.5 Å². The second-order valence-corrected chi connectivity index (χ2v) is 5.70. The van der Waals surface area contributed by atoms with Crippen molar-refractivity contribution in [1.29, 1.82) is 0 Å². The SMILES string of the molecule is O=C(NCc1ccc(F)cc1F)c1ccc(Oc2nccs2)cc1. The molecule has 1 aromatic heterocycles. The number of ether oxygens (including phenoxy) is 1. The largest absolute Gasteiger partial charge is 0.431 e. The number of carbonyl (C=O) groups is 1. The maximum atomic E-state index is 13.5. The molecule has 0 aliphatic heterocycles. The van der Waals surface area contributed by atoms with E-state index in [4.69, 9.17) is 4.74 Å². The van der Waals surface area contributed by atoms with Gasteiger partial charge in [-0.1, -0.05) is 17.4 Å². The maximum absolute atomic E-state index is 13.5. The highest BCUT2D eigenvalue weighted by Gasteiger charge is 2.09. The third kappa shape index (κ3) is 3.94. The lowest BCUT2D eigenvalue weighted by molar-refractivity contribution is 0.0950. The lowest BCUT2D eigenvalue weighted by Gasteiger charge is -2.07. The number of thiazole rings is 1. The van der Waals surface area contributed by atoms with Crippen LogP contribution in [-0.4, -0.2) is 10.9 Å². The first kappa shape index (κ1) is 16.1. The molecule has 3 aromatic rings. The number of nitrogens with one attached hydrogen (secondary N) is 1. The van der Waals surface area contributed by atoms with Gasteiger partial charge in [-0.25, -0.2) is 13.8 Å². The molecule has 24 heavy (non-hydrogen) atoms. The molecule has 0 saturated carbocycles. The van der Waals surface area contributed by atoms with Crippen molar-refractivity contribution in [3.8, 4) is 10.9 Å². The van der Waals surface area contributed by atoms with Gasteiger partial charge in [-0.05, 0) is 30.3 Å². The summed E-state index contributed by atoms with van der Waals surface area (Å²) in [6, 6.07) is 9.72. The molecule has 0 saturated heterocycles. The van der Waals surface area contributed by atoms with Gasteiger partial charge in [0, 0.05) is 35.3 Å². The van der Waals surface area contributed by atoms with Crippen LogP contribution in [0.5, 0.6) is 10.9 Å². The van der Waals surface area contributed by atoms with E-state index in [0.717, 1.165) is 12.1 Å². The third-order valence-corrected chi connectivity index (χ3v) is 3.83. The molecular weight excluding hydrogens is 334 g/mol. The van der Waals surface area contributed by atoms with E-state index in [1.807, 2.05) is 0 Å². The van der Waals surface area contributed by atoms with Crippen molar-refractivity contribution in [3.05, 3.63) is 76.8 Å². The van der Waals surface area contributed by atoms with Gasteiger partial charge in [0.2, 0.25) is 0 Å². The Kier molecular flexibility index (Phi) is 4.81. The molecule has 0 fully saturated rings. The average molecular weight is 346 g/mol. The maximum Gasteiger partial charge on any atom is 0.278 e. The average Bonchev–Trinajstić information content (AvgIpc) is 3.07. The zero-order valence-corrected chi connectivity index (χ0v) is 13.1. The molecule has 3 rings (SSSR count). The minimum atomic E-state index is -0.692. The highest BCUT2D eigenvalue weighted by atomic mass is 32.1. The summed E-state index contributed by atoms with van der Waals surface area (Å²) < 4.78 is 31.9. The quantitative estimate of drug-likeness (QED) is 0.755. The smallest absolute Gasteiger partial charge is 0.278 e. The lowest BCUT2D eigenvalue weighted by atomic mass is 10.1. The Morgan fingerprint density at radius 3 is 2.62 bits per heavy atom. The summed E-state index contributed by atoms with van der Waals surface area (Å²) in [6.07, 6.45) is 1.64. The number of benzene rings is 2. The Labute approximate surface area is 140 Å². The molecule has 0 atom stereocenters. The van der Waals surface area contributed by atoms with Crippen molar-refractivity contribution >= 4 is 17.2 Å². The number of halogens is 2. The summed E-state index contributed by atoms with van der Waals surface area (Å²) in [5.41, 5.74) is 0.623. The standard InChI is InChI=1S/C17H12F2N2O2S/c18-13-4-1-12(15(19)9-13)10-21-16(22)11-2-5-14(6-3-11)23-17-20-7-8-24-17/h1-9H,10H2,(H,21,22). The Morgan fingerprint density at radius 1 is 1.17 bits per heavy atom. The van der Waals surface area contributed by atoms with E-state index in [9.17, 15) is 13.6 Å². The highest BCUT2D eigenvalue weighted by Crippen LogP contribution is 2.23.